The van der Waals surface area contributed by atoms with Crippen molar-refractivity contribution in [3.05, 3.63) is 35.7 Å². The summed E-state index contributed by atoms with van der Waals surface area (Å²) in [6.45, 7) is 5.76. The summed E-state index contributed by atoms with van der Waals surface area (Å²) in [5.41, 5.74) is 1.56. The SMILES string of the molecule is Cc1ccc(-c2nnc(CN3CC(C)(O)C3)o2)cc1. The highest BCUT2D eigenvalue weighted by Crippen LogP contribution is 2.23. The molecule has 0 radical (unpaired) electrons. The lowest BCUT2D eigenvalue weighted by Crippen LogP contribution is -2.59. The number of likely N-dealkylation sites (tertiary alicyclic amines) is 1. The van der Waals surface area contributed by atoms with E-state index in [-0.39, 0.29) is 0 Å². The first-order chi connectivity index (χ1) is 9.02. The summed E-state index contributed by atoms with van der Waals surface area (Å²) in [7, 11) is 0. The van der Waals surface area contributed by atoms with Gasteiger partial charge in [0, 0.05) is 18.7 Å². The maximum Gasteiger partial charge on any atom is 0.247 e. The van der Waals surface area contributed by atoms with Crippen LogP contribution in [0.2, 0.25) is 0 Å². The van der Waals surface area contributed by atoms with E-state index in [1.807, 2.05) is 38.1 Å². The van der Waals surface area contributed by atoms with Crippen LogP contribution in [0.25, 0.3) is 11.5 Å². The Labute approximate surface area is 111 Å². The maximum atomic E-state index is 9.66. The number of hydrogen-bond donors (Lipinski definition) is 1. The van der Waals surface area contributed by atoms with E-state index >= 15 is 0 Å². The van der Waals surface area contributed by atoms with E-state index < -0.39 is 5.60 Å². The minimum absolute atomic E-state index is 0.544. The van der Waals surface area contributed by atoms with Gasteiger partial charge < -0.3 is 9.52 Å². The minimum atomic E-state index is -0.570. The number of benzene rings is 1. The second-order valence-corrected chi connectivity index (χ2v) is 5.51. The zero-order chi connectivity index (χ0) is 13.5. The van der Waals surface area contributed by atoms with E-state index in [1.54, 1.807) is 0 Å². The second-order valence-electron chi connectivity index (χ2n) is 5.51. The lowest BCUT2D eigenvalue weighted by molar-refractivity contribution is -0.0896. The van der Waals surface area contributed by atoms with Crippen LogP contribution in [0.3, 0.4) is 0 Å². The summed E-state index contributed by atoms with van der Waals surface area (Å²) in [4.78, 5) is 2.08. The fraction of sp³-hybridized carbons (Fsp3) is 0.429. The second kappa shape index (κ2) is 4.43. The standard InChI is InChI=1S/C14H17N3O2/c1-10-3-5-11(6-4-10)13-16-15-12(19-13)7-17-8-14(2,18)9-17/h3-6,18H,7-9H2,1-2H3. The average Bonchev–Trinajstić information content (AvgIpc) is 2.76. The molecule has 0 amide bonds. The van der Waals surface area contributed by atoms with Gasteiger partial charge in [0.25, 0.3) is 0 Å². The molecule has 3 rings (SSSR count). The lowest BCUT2D eigenvalue weighted by atomic mass is 9.97. The molecule has 1 N–H and O–H groups in total. The predicted octanol–water partition coefficient (Wildman–Crippen LogP) is 1.61. The van der Waals surface area contributed by atoms with Crippen LogP contribution in [0.1, 0.15) is 18.4 Å². The van der Waals surface area contributed by atoms with E-state index in [4.69, 9.17) is 4.42 Å². The molecule has 0 saturated carbocycles. The van der Waals surface area contributed by atoms with Crippen LogP contribution in [0.15, 0.2) is 28.7 Å². The molecule has 0 unspecified atom stereocenters. The molecule has 100 valence electrons. The van der Waals surface area contributed by atoms with Crippen LogP contribution in [-0.4, -0.2) is 38.9 Å². The van der Waals surface area contributed by atoms with Crippen molar-refractivity contribution < 1.29 is 9.52 Å². The third kappa shape index (κ3) is 2.67. The fourth-order valence-electron chi connectivity index (χ4n) is 2.35. The van der Waals surface area contributed by atoms with Gasteiger partial charge in [0.05, 0.1) is 12.1 Å². The highest BCUT2D eigenvalue weighted by atomic mass is 16.4. The number of aryl methyl sites for hydroxylation is 1. The van der Waals surface area contributed by atoms with Gasteiger partial charge in [-0.1, -0.05) is 17.7 Å². The topological polar surface area (TPSA) is 62.4 Å². The zero-order valence-electron chi connectivity index (χ0n) is 11.1. The first-order valence-corrected chi connectivity index (χ1v) is 6.36. The summed E-state index contributed by atoms with van der Waals surface area (Å²) in [6.07, 6.45) is 0. The van der Waals surface area contributed by atoms with Crippen molar-refractivity contribution in [2.75, 3.05) is 13.1 Å². The molecule has 1 fully saturated rings. The van der Waals surface area contributed by atoms with Crippen LogP contribution in [0.5, 0.6) is 0 Å². The third-order valence-electron chi connectivity index (χ3n) is 3.25. The fourth-order valence-corrected chi connectivity index (χ4v) is 2.35. The monoisotopic (exact) mass is 259 g/mol. The van der Waals surface area contributed by atoms with E-state index in [1.165, 1.54) is 5.56 Å². The Hall–Kier alpha value is -1.72. The Bertz CT molecular complexity index is 567. The molecule has 0 atom stereocenters. The van der Waals surface area contributed by atoms with Crippen molar-refractivity contribution >= 4 is 0 Å². The van der Waals surface area contributed by atoms with Gasteiger partial charge in [-0.05, 0) is 26.0 Å². The van der Waals surface area contributed by atoms with Crippen LogP contribution in [-0.2, 0) is 6.54 Å². The molecule has 19 heavy (non-hydrogen) atoms. The van der Waals surface area contributed by atoms with Gasteiger partial charge in [0.15, 0.2) is 0 Å². The summed E-state index contributed by atoms with van der Waals surface area (Å²) in [5, 5.41) is 17.8. The molecule has 2 heterocycles. The Morgan fingerprint density at radius 3 is 2.58 bits per heavy atom. The number of rotatable bonds is 3. The van der Waals surface area contributed by atoms with Gasteiger partial charge in [-0.15, -0.1) is 10.2 Å². The van der Waals surface area contributed by atoms with Gasteiger partial charge in [-0.25, -0.2) is 0 Å². The first kappa shape index (κ1) is 12.3. The molecule has 1 aliphatic rings. The van der Waals surface area contributed by atoms with E-state index in [0.29, 0.717) is 31.4 Å². The number of β-amino-alcohol motifs (C(OH)–C–C–N with tert-alkyl or cyclic N) is 1. The van der Waals surface area contributed by atoms with Gasteiger partial charge in [-0.2, -0.15) is 0 Å². The Morgan fingerprint density at radius 1 is 1.26 bits per heavy atom. The summed E-state index contributed by atoms with van der Waals surface area (Å²) in [6, 6.07) is 7.99. The Morgan fingerprint density at radius 2 is 1.95 bits per heavy atom. The molecule has 1 aliphatic heterocycles. The number of aromatic nitrogens is 2. The highest BCUT2D eigenvalue weighted by molar-refractivity contribution is 5.52. The molecular weight excluding hydrogens is 242 g/mol. The molecule has 1 aromatic heterocycles. The molecule has 0 bridgehead atoms. The lowest BCUT2D eigenvalue weighted by Gasteiger charge is -2.43. The molecular formula is C14H17N3O2. The summed E-state index contributed by atoms with van der Waals surface area (Å²) < 4.78 is 5.64. The molecule has 5 heteroatoms. The average molecular weight is 259 g/mol. The van der Waals surface area contributed by atoms with E-state index in [2.05, 4.69) is 15.1 Å². The zero-order valence-corrected chi connectivity index (χ0v) is 11.1. The van der Waals surface area contributed by atoms with E-state index in [9.17, 15) is 5.11 Å². The molecule has 1 aromatic carbocycles. The minimum Gasteiger partial charge on any atom is -0.419 e. The predicted molar refractivity (Wildman–Crippen MR) is 70.4 cm³/mol. The Kier molecular flexibility index (Phi) is 2.88. The first-order valence-electron chi connectivity index (χ1n) is 6.36. The molecule has 0 aliphatic carbocycles. The van der Waals surface area contributed by atoms with Crippen LogP contribution in [0.4, 0.5) is 0 Å². The Balaban J connectivity index is 1.68. The normalized spacial score (nSPS) is 18.3. The molecule has 5 nitrogen and oxygen atoms in total. The van der Waals surface area contributed by atoms with Crippen LogP contribution in [0, 0.1) is 6.92 Å². The smallest absolute Gasteiger partial charge is 0.247 e. The van der Waals surface area contributed by atoms with Gasteiger partial charge in [0.1, 0.15) is 0 Å². The van der Waals surface area contributed by atoms with E-state index in [0.717, 1.165) is 5.56 Å². The summed E-state index contributed by atoms with van der Waals surface area (Å²) in [5.74, 6) is 1.13. The van der Waals surface area contributed by atoms with Crippen LogP contribution >= 0.6 is 0 Å². The number of hydrogen-bond acceptors (Lipinski definition) is 5. The quantitative estimate of drug-likeness (QED) is 0.907. The summed E-state index contributed by atoms with van der Waals surface area (Å²) >= 11 is 0. The van der Waals surface area contributed by atoms with Crippen molar-refractivity contribution in [1.82, 2.24) is 15.1 Å². The maximum absolute atomic E-state index is 9.66. The van der Waals surface area contributed by atoms with Crippen LogP contribution < -0.4 is 0 Å². The molecule has 2 aromatic rings. The van der Waals surface area contributed by atoms with Crippen molar-refractivity contribution in [3.63, 3.8) is 0 Å². The van der Waals surface area contributed by atoms with Gasteiger partial charge in [0.2, 0.25) is 11.8 Å². The van der Waals surface area contributed by atoms with Gasteiger partial charge >= 0.3 is 0 Å². The number of nitrogens with zero attached hydrogens (tertiary/aromatic N) is 3. The van der Waals surface area contributed by atoms with Crippen molar-refractivity contribution in [1.29, 1.82) is 0 Å². The van der Waals surface area contributed by atoms with Crippen molar-refractivity contribution in [2.45, 2.75) is 26.0 Å². The van der Waals surface area contributed by atoms with Crippen molar-refractivity contribution in [2.24, 2.45) is 0 Å². The number of aliphatic hydroxyl groups is 1. The molecule has 0 spiro atoms. The van der Waals surface area contributed by atoms with Crippen molar-refractivity contribution in [3.8, 4) is 11.5 Å². The third-order valence-corrected chi connectivity index (χ3v) is 3.25. The van der Waals surface area contributed by atoms with Gasteiger partial charge in [-0.3, -0.25) is 4.90 Å². The molecule has 1 saturated heterocycles. The largest absolute Gasteiger partial charge is 0.419 e. The highest BCUT2D eigenvalue weighted by Gasteiger charge is 2.36.